The number of halogens is 2. The molecule has 0 spiro atoms. The first-order valence-electron chi connectivity index (χ1n) is 10.0. The molecule has 4 aromatic rings. The van der Waals surface area contributed by atoms with Crippen LogP contribution in [0.4, 0.5) is 14.5 Å². The maximum Gasteiger partial charge on any atom is 0.259 e. The van der Waals surface area contributed by atoms with Crippen LogP contribution in [0.3, 0.4) is 0 Å². The molecule has 5 nitrogen and oxygen atoms in total. The Bertz CT molecular complexity index is 1270. The average Bonchev–Trinajstić information content (AvgIpc) is 3.07. The summed E-state index contributed by atoms with van der Waals surface area (Å²) in [5.74, 6) is -0.426. The topological polar surface area (TPSA) is 56.2 Å². The molecule has 1 heterocycles. The quantitative estimate of drug-likeness (QED) is 0.431. The normalized spacial score (nSPS) is 10.8. The van der Waals surface area contributed by atoms with Gasteiger partial charge in [0.25, 0.3) is 5.91 Å². The van der Waals surface area contributed by atoms with Crippen LogP contribution in [-0.4, -0.2) is 15.7 Å². The third-order valence-electron chi connectivity index (χ3n) is 4.98. The van der Waals surface area contributed by atoms with Gasteiger partial charge >= 0.3 is 0 Å². The Morgan fingerprint density at radius 3 is 2.47 bits per heavy atom. The van der Waals surface area contributed by atoms with Crippen LogP contribution in [0, 0.1) is 25.5 Å². The number of ether oxygens (including phenoxy) is 1. The Morgan fingerprint density at radius 1 is 0.969 bits per heavy atom. The third-order valence-corrected chi connectivity index (χ3v) is 4.98. The number of carbonyl (C=O) groups is 1. The molecule has 1 N–H and O–H groups in total. The van der Waals surface area contributed by atoms with Gasteiger partial charge in [0.2, 0.25) is 0 Å². The van der Waals surface area contributed by atoms with Crippen LogP contribution in [0.25, 0.3) is 5.69 Å². The van der Waals surface area contributed by atoms with Crippen LogP contribution >= 0.6 is 0 Å². The van der Waals surface area contributed by atoms with Crippen LogP contribution < -0.4 is 10.1 Å². The Morgan fingerprint density at radius 2 is 1.72 bits per heavy atom. The predicted octanol–water partition coefficient (Wildman–Crippen LogP) is 5.60. The van der Waals surface area contributed by atoms with E-state index in [-0.39, 0.29) is 24.1 Å². The molecule has 0 saturated heterocycles. The molecule has 1 amide bonds. The Hall–Kier alpha value is -4.00. The van der Waals surface area contributed by atoms with Crippen LogP contribution in [0.1, 0.15) is 27.3 Å². The predicted molar refractivity (Wildman–Crippen MR) is 118 cm³/mol. The molecule has 0 atom stereocenters. The second kappa shape index (κ2) is 9.01. The lowest BCUT2D eigenvalue weighted by Gasteiger charge is -2.10. The van der Waals surface area contributed by atoms with E-state index in [1.54, 1.807) is 67.1 Å². The standard InChI is InChI=1S/C25H21F2N3O2/c1-16-24(17(2)30(29-16)22-11-9-19(26)10-12-22)25(31)28-21-7-4-8-23(14-21)32-15-18-5-3-6-20(27)13-18/h3-14H,15H2,1-2H3,(H,28,31). The van der Waals surface area contributed by atoms with E-state index >= 15 is 0 Å². The third kappa shape index (κ3) is 4.67. The van der Waals surface area contributed by atoms with Crippen LogP contribution in [-0.2, 0) is 6.61 Å². The summed E-state index contributed by atoms with van der Waals surface area (Å²) in [6, 6.07) is 19.1. The molecule has 0 aliphatic carbocycles. The van der Waals surface area contributed by atoms with E-state index < -0.39 is 0 Å². The number of hydrogen-bond acceptors (Lipinski definition) is 3. The highest BCUT2D eigenvalue weighted by Crippen LogP contribution is 2.22. The number of hydrogen-bond donors (Lipinski definition) is 1. The zero-order valence-corrected chi connectivity index (χ0v) is 17.6. The van der Waals surface area contributed by atoms with Gasteiger partial charge in [-0.2, -0.15) is 5.10 Å². The van der Waals surface area contributed by atoms with Crippen molar-refractivity contribution in [3.8, 4) is 11.4 Å². The summed E-state index contributed by atoms with van der Waals surface area (Å²) in [4.78, 5) is 13.0. The minimum Gasteiger partial charge on any atom is -0.489 e. The van der Waals surface area contributed by atoms with E-state index in [0.29, 0.717) is 39.6 Å². The van der Waals surface area contributed by atoms with Crippen molar-refractivity contribution >= 4 is 11.6 Å². The summed E-state index contributed by atoms with van der Waals surface area (Å²) in [7, 11) is 0. The summed E-state index contributed by atoms with van der Waals surface area (Å²) >= 11 is 0. The maximum absolute atomic E-state index is 13.3. The molecule has 0 radical (unpaired) electrons. The van der Waals surface area contributed by atoms with Gasteiger partial charge in [-0.15, -0.1) is 0 Å². The van der Waals surface area contributed by atoms with Gasteiger partial charge in [0.05, 0.1) is 22.6 Å². The van der Waals surface area contributed by atoms with Crippen molar-refractivity contribution in [1.29, 1.82) is 0 Å². The molecule has 0 aliphatic heterocycles. The lowest BCUT2D eigenvalue weighted by atomic mass is 10.1. The van der Waals surface area contributed by atoms with Crippen LogP contribution in [0.5, 0.6) is 5.75 Å². The Kier molecular flexibility index (Phi) is 5.98. The van der Waals surface area contributed by atoms with Gasteiger partial charge in [0.15, 0.2) is 0 Å². The van der Waals surface area contributed by atoms with Crippen LogP contribution in [0.2, 0.25) is 0 Å². The number of nitrogens with zero attached hydrogens (tertiary/aromatic N) is 2. The van der Waals surface area contributed by atoms with E-state index in [4.69, 9.17) is 4.74 Å². The van der Waals surface area contributed by atoms with Gasteiger partial charge in [0.1, 0.15) is 24.0 Å². The van der Waals surface area contributed by atoms with Gasteiger partial charge < -0.3 is 10.1 Å². The minimum atomic E-state index is -0.340. The summed E-state index contributed by atoms with van der Waals surface area (Å²) in [5, 5.41) is 7.31. The lowest BCUT2D eigenvalue weighted by Crippen LogP contribution is -2.14. The largest absolute Gasteiger partial charge is 0.489 e. The van der Waals surface area contributed by atoms with Crippen LogP contribution in [0.15, 0.2) is 72.8 Å². The number of aryl methyl sites for hydroxylation is 1. The van der Waals surface area contributed by atoms with E-state index in [0.717, 1.165) is 0 Å². The number of carbonyl (C=O) groups excluding carboxylic acids is 1. The molecule has 0 bridgehead atoms. The molecule has 3 aromatic carbocycles. The van der Waals surface area contributed by atoms with Crippen molar-refractivity contribution in [3.05, 3.63) is 107 Å². The van der Waals surface area contributed by atoms with Crippen molar-refractivity contribution in [1.82, 2.24) is 9.78 Å². The lowest BCUT2D eigenvalue weighted by molar-refractivity contribution is 0.102. The highest BCUT2D eigenvalue weighted by Gasteiger charge is 2.20. The van der Waals surface area contributed by atoms with Gasteiger partial charge in [-0.25, -0.2) is 13.5 Å². The highest BCUT2D eigenvalue weighted by atomic mass is 19.1. The van der Waals surface area contributed by atoms with Gasteiger partial charge in [-0.05, 0) is 67.9 Å². The fraction of sp³-hybridized carbons (Fsp3) is 0.120. The monoisotopic (exact) mass is 433 g/mol. The number of aromatic nitrogens is 2. The molecule has 0 saturated carbocycles. The number of nitrogens with one attached hydrogen (secondary N) is 1. The molecule has 7 heteroatoms. The zero-order valence-electron chi connectivity index (χ0n) is 17.6. The van der Waals surface area contributed by atoms with Crippen molar-refractivity contribution in [2.24, 2.45) is 0 Å². The molecular weight excluding hydrogens is 412 g/mol. The molecule has 0 unspecified atom stereocenters. The number of anilines is 1. The molecular formula is C25H21F2N3O2. The number of amides is 1. The molecule has 0 aliphatic rings. The van der Waals surface area contributed by atoms with Crippen molar-refractivity contribution in [2.75, 3.05) is 5.32 Å². The molecule has 1 aromatic heterocycles. The average molecular weight is 433 g/mol. The number of rotatable bonds is 6. The summed E-state index contributed by atoms with van der Waals surface area (Å²) in [6.07, 6.45) is 0. The smallest absolute Gasteiger partial charge is 0.259 e. The molecule has 162 valence electrons. The minimum absolute atomic E-state index is 0.206. The molecule has 32 heavy (non-hydrogen) atoms. The zero-order chi connectivity index (χ0) is 22.7. The van der Waals surface area contributed by atoms with E-state index in [1.807, 2.05) is 0 Å². The summed E-state index contributed by atoms with van der Waals surface area (Å²) < 4.78 is 33.9. The van der Waals surface area contributed by atoms with Gasteiger partial charge in [-0.3, -0.25) is 4.79 Å². The first kappa shape index (κ1) is 21.2. The van der Waals surface area contributed by atoms with Crippen molar-refractivity contribution in [2.45, 2.75) is 20.5 Å². The summed E-state index contributed by atoms with van der Waals surface area (Å²) in [5.41, 5.74) is 3.58. The van der Waals surface area contributed by atoms with E-state index in [1.165, 1.54) is 24.3 Å². The highest BCUT2D eigenvalue weighted by molar-refractivity contribution is 6.06. The first-order valence-corrected chi connectivity index (χ1v) is 10.0. The first-order chi connectivity index (χ1) is 15.4. The SMILES string of the molecule is Cc1nn(-c2ccc(F)cc2)c(C)c1C(=O)Nc1cccc(OCc2cccc(F)c2)c1. The number of benzene rings is 3. The van der Waals surface area contributed by atoms with Crippen molar-refractivity contribution in [3.63, 3.8) is 0 Å². The summed E-state index contributed by atoms with van der Waals surface area (Å²) in [6.45, 7) is 3.75. The second-order valence-electron chi connectivity index (χ2n) is 7.33. The van der Waals surface area contributed by atoms with Crippen molar-refractivity contribution < 1.29 is 18.3 Å². The fourth-order valence-corrected chi connectivity index (χ4v) is 3.46. The van der Waals surface area contributed by atoms with E-state index in [9.17, 15) is 13.6 Å². The molecule has 4 rings (SSSR count). The van der Waals surface area contributed by atoms with E-state index in [2.05, 4.69) is 10.4 Å². The Balaban J connectivity index is 1.49. The van der Waals surface area contributed by atoms with Gasteiger partial charge in [0, 0.05) is 11.8 Å². The Labute approximate surface area is 184 Å². The van der Waals surface area contributed by atoms with Gasteiger partial charge in [-0.1, -0.05) is 18.2 Å². The second-order valence-corrected chi connectivity index (χ2v) is 7.33. The molecule has 0 fully saturated rings. The maximum atomic E-state index is 13.3. The fourth-order valence-electron chi connectivity index (χ4n) is 3.46.